The smallest absolute Gasteiger partial charge is 0.306 e. The molecule has 0 bridgehead atoms. The summed E-state index contributed by atoms with van der Waals surface area (Å²) in [6.07, 6.45) is 90.5. The van der Waals surface area contributed by atoms with E-state index in [1.54, 1.807) is 0 Å². The number of hydrogen-bond acceptors (Lipinski definition) is 6. The maximum Gasteiger partial charge on any atom is 0.306 e. The molecule has 0 saturated heterocycles. The number of carbonyl (C=O) groups excluding carboxylic acids is 3. The van der Waals surface area contributed by atoms with E-state index in [0.717, 1.165) is 64.2 Å². The number of esters is 3. The maximum absolute atomic E-state index is 13.0. The molecule has 0 rings (SSSR count). The molecule has 6 nitrogen and oxygen atoms in total. The Labute approximate surface area is 518 Å². The van der Waals surface area contributed by atoms with Crippen LogP contribution in [0, 0.1) is 0 Å². The van der Waals surface area contributed by atoms with Crippen molar-refractivity contribution in [1.29, 1.82) is 0 Å². The Hall–Kier alpha value is -2.37. The summed E-state index contributed by atoms with van der Waals surface area (Å²) in [5.74, 6) is -0.850. The van der Waals surface area contributed by atoms with E-state index in [0.29, 0.717) is 19.3 Å². The predicted molar refractivity (Wildman–Crippen MR) is 362 cm³/mol. The van der Waals surface area contributed by atoms with E-state index >= 15 is 0 Å². The van der Waals surface area contributed by atoms with Gasteiger partial charge in [0.2, 0.25) is 0 Å². The van der Waals surface area contributed by atoms with Crippen LogP contribution in [0.15, 0.2) is 36.5 Å². The highest BCUT2D eigenvalue weighted by atomic mass is 16.6. The van der Waals surface area contributed by atoms with E-state index in [-0.39, 0.29) is 31.1 Å². The normalized spacial score (nSPS) is 12.2. The topological polar surface area (TPSA) is 78.9 Å². The van der Waals surface area contributed by atoms with Crippen molar-refractivity contribution in [3.05, 3.63) is 36.5 Å². The van der Waals surface area contributed by atoms with Crippen LogP contribution in [-0.2, 0) is 28.6 Å². The molecular formula is C77H144O6. The van der Waals surface area contributed by atoms with Crippen molar-refractivity contribution < 1.29 is 28.6 Å². The van der Waals surface area contributed by atoms with Gasteiger partial charge in [0.15, 0.2) is 6.10 Å². The molecular weight excluding hydrogens is 1020 g/mol. The molecule has 6 heteroatoms. The summed E-state index contributed by atoms with van der Waals surface area (Å²) in [6.45, 7) is 6.69. The van der Waals surface area contributed by atoms with Crippen molar-refractivity contribution in [2.45, 2.75) is 425 Å². The molecule has 0 heterocycles. The van der Waals surface area contributed by atoms with Crippen molar-refractivity contribution >= 4 is 17.9 Å². The van der Waals surface area contributed by atoms with Gasteiger partial charge >= 0.3 is 17.9 Å². The second-order valence-corrected chi connectivity index (χ2v) is 25.6. The first-order valence-electron chi connectivity index (χ1n) is 37.5. The molecule has 0 spiro atoms. The standard InChI is InChI=1S/C77H144O6/c1-4-7-10-13-16-19-22-25-27-29-31-33-35-36-37-38-39-40-42-43-45-47-49-52-55-58-61-64-67-70-76(79)82-73-74(72-81-75(78)69-66-63-60-57-54-51-24-21-18-15-12-9-6-3)83-77(80)71-68-65-62-59-56-53-50-48-46-44-41-34-32-30-28-26-23-20-17-14-11-8-5-2/h21,24,29-32,74H,4-20,22-23,25-28,33-73H2,1-3H3/b24-21-,31-29-,32-30-. The lowest BCUT2D eigenvalue weighted by Gasteiger charge is -2.18. The zero-order valence-corrected chi connectivity index (χ0v) is 56.2. The third-order valence-electron chi connectivity index (χ3n) is 17.1. The minimum atomic E-state index is -0.775. The lowest BCUT2D eigenvalue weighted by atomic mass is 10.0. The summed E-state index contributed by atoms with van der Waals surface area (Å²) < 4.78 is 17.0. The van der Waals surface area contributed by atoms with Crippen molar-refractivity contribution in [2.24, 2.45) is 0 Å². The molecule has 0 saturated carbocycles. The van der Waals surface area contributed by atoms with Gasteiger partial charge in [-0.3, -0.25) is 14.4 Å². The van der Waals surface area contributed by atoms with Gasteiger partial charge in [-0.25, -0.2) is 0 Å². The molecule has 0 N–H and O–H groups in total. The van der Waals surface area contributed by atoms with Crippen molar-refractivity contribution in [3.63, 3.8) is 0 Å². The summed E-state index contributed by atoms with van der Waals surface area (Å²) in [6, 6.07) is 0. The van der Waals surface area contributed by atoms with Gasteiger partial charge in [-0.15, -0.1) is 0 Å². The number of carbonyl (C=O) groups is 3. The Balaban J connectivity index is 4.19. The quantitative estimate of drug-likeness (QED) is 0.0261. The molecule has 0 aromatic rings. The summed E-state index contributed by atoms with van der Waals surface area (Å²) in [5.41, 5.74) is 0. The largest absolute Gasteiger partial charge is 0.462 e. The number of ether oxygens (including phenoxy) is 3. The van der Waals surface area contributed by atoms with Crippen molar-refractivity contribution in [1.82, 2.24) is 0 Å². The molecule has 1 atom stereocenters. The van der Waals surface area contributed by atoms with Gasteiger partial charge in [-0.2, -0.15) is 0 Å². The van der Waals surface area contributed by atoms with Crippen LogP contribution in [0.2, 0.25) is 0 Å². The van der Waals surface area contributed by atoms with Gasteiger partial charge in [0, 0.05) is 19.3 Å². The molecule has 0 amide bonds. The van der Waals surface area contributed by atoms with Crippen LogP contribution in [0.5, 0.6) is 0 Å². The third-order valence-corrected chi connectivity index (χ3v) is 17.1. The minimum absolute atomic E-state index is 0.0702. The highest BCUT2D eigenvalue weighted by Crippen LogP contribution is 2.19. The minimum Gasteiger partial charge on any atom is -0.462 e. The number of allylic oxidation sites excluding steroid dienone is 6. The van der Waals surface area contributed by atoms with Crippen molar-refractivity contribution in [2.75, 3.05) is 13.2 Å². The zero-order valence-electron chi connectivity index (χ0n) is 56.2. The van der Waals surface area contributed by atoms with Gasteiger partial charge in [-0.05, 0) is 96.3 Å². The van der Waals surface area contributed by atoms with Gasteiger partial charge in [0.05, 0.1) is 0 Å². The zero-order chi connectivity index (χ0) is 59.9. The molecule has 0 aromatic heterocycles. The average Bonchev–Trinajstić information content (AvgIpc) is 3.49. The summed E-state index contributed by atoms with van der Waals surface area (Å²) >= 11 is 0. The molecule has 1 unspecified atom stereocenters. The lowest BCUT2D eigenvalue weighted by molar-refractivity contribution is -0.167. The fourth-order valence-corrected chi connectivity index (χ4v) is 11.4. The molecule has 0 aliphatic rings. The summed E-state index contributed by atoms with van der Waals surface area (Å²) in [7, 11) is 0. The number of rotatable bonds is 70. The molecule has 83 heavy (non-hydrogen) atoms. The van der Waals surface area contributed by atoms with Crippen LogP contribution < -0.4 is 0 Å². The van der Waals surface area contributed by atoms with E-state index < -0.39 is 6.10 Å². The van der Waals surface area contributed by atoms with Crippen LogP contribution in [-0.4, -0.2) is 37.2 Å². The molecule has 0 aliphatic heterocycles. The number of hydrogen-bond donors (Lipinski definition) is 0. The van der Waals surface area contributed by atoms with E-state index in [4.69, 9.17) is 14.2 Å². The van der Waals surface area contributed by atoms with Crippen LogP contribution in [0.25, 0.3) is 0 Å². The van der Waals surface area contributed by atoms with Gasteiger partial charge < -0.3 is 14.2 Å². The Bertz CT molecular complexity index is 1380. The van der Waals surface area contributed by atoms with Crippen LogP contribution in [0.1, 0.15) is 419 Å². The van der Waals surface area contributed by atoms with E-state index in [1.807, 2.05) is 0 Å². The molecule has 0 aromatic carbocycles. The monoisotopic (exact) mass is 1170 g/mol. The fourth-order valence-electron chi connectivity index (χ4n) is 11.4. The first-order chi connectivity index (χ1) is 41.0. The van der Waals surface area contributed by atoms with Crippen LogP contribution in [0.4, 0.5) is 0 Å². The predicted octanol–water partition coefficient (Wildman–Crippen LogP) is 25.9. The van der Waals surface area contributed by atoms with E-state index in [1.165, 1.54) is 315 Å². The molecule has 0 fully saturated rings. The third kappa shape index (κ3) is 70.3. The second kappa shape index (κ2) is 72.1. The highest BCUT2D eigenvalue weighted by Gasteiger charge is 2.20. The van der Waals surface area contributed by atoms with E-state index in [9.17, 15) is 14.4 Å². The van der Waals surface area contributed by atoms with E-state index in [2.05, 4.69) is 57.2 Å². The highest BCUT2D eigenvalue weighted by molar-refractivity contribution is 5.71. The first kappa shape index (κ1) is 80.6. The average molecular weight is 1170 g/mol. The Morgan fingerprint density at radius 2 is 0.398 bits per heavy atom. The van der Waals surface area contributed by atoms with Gasteiger partial charge in [0.25, 0.3) is 0 Å². The van der Waals surface area contributed by atoms with Crippen LogP contribution >= 0.6 is 0 Å². The Morgan fingerprint density at radius 3 is 0.614 bits per heavy atom. The SMILES string of the molecule is CCCCCC/C=C\CCCCCCCC(=O)OCC(COC(=O)CCCCCCCCCCCCCCCCCCC/C=C\CCCCCCCCCC)OC(=O)CCCCCCCCCCCCC/C=C\CCCCCCCCCC. The number of unbranched alkanes of at least 4 members (excludes halogenated alkanes) is 53. The van der Waals surface area contributed by atoms with Gasteiger partial charge in [0.1, 0.15) is 13.2 Å². The Morgan fingerprint density at radius 1 is 0.229 bits per heavy atom. The lowest BCUT2D eigenvalue weighted by Crippen LogP contribution is -2.30. The molecule has 488 valence electrons. The molecule has 0 radical (unpaired) electrons. The second-order valence-electron chi connectivity index (χ2n) is 25.6. The Kier molecular flexibility index (Phi) is 70.0. The first-order valence-corrected chi connectivity index (χ1v) is 37.5. The fraction of sp³-hybridized carbons (Fsp3) is 0.883. The van der Waals surface area contributed by atoms with Crippen molar-refractivity contribution in [3.8, 4) is 0 Å². The summed E-state index contributed by atoms with van der Waals surface area (Å²) in [5, 5.41) is 0. The van der Waals surface area contributed by atoms with Gasteiger partial charge in [-0.1, -0.05) is 340 Å². The molecule has 0 aliphatic carbocycles. The summed E-state index contributed by atoms with van der Waals surface area (Å²) in [4.78, 5) is 38.5. The van der Waals surface area contributed by atoms with Crippen LogP contribution in [0.3, 0.4) is 0 Å². The maximum atomic E-state index is 13.0.